The highest BCUT2D eigenvalue weighted by molar-refractivity contribution is 6.11. The number of hydrazine groups is 1. The summed E-state index contributed by atoms with van der Waals surface area (Å²) in [5.41, 5.74) is 10.2. The van der Waals surface area contributed by atoms with Crippen LogP contribution in [-0.2, 0) is 20.7 Å². The fraction of sp³-hybridized carbons (Fsp3) is 0.393. The zero-order valence-electron chi connectivity index (χ0n) is 21.5. The van der Waals surface area contributed by atoms with Gasteiger partial charge in [0.25, 0.3) is 11.8 Å². The summed E-state index contributed by atoms with van der Waals surface area (Å²) in [6, 6.07) is 11.6. The largest absolute Gasteiger partial charge is 0.466 e. The Kier molecular flexibility index (Phi) is 8.40. The van der Waals surface area contributed by atoms with Gasteiger partial charge in [0.05, 0.1) is 17.9 Å². The molecule has 2 aromatic rings. The molecule has 0 aromatic heterocycles. The van der Waals surface area contributed by atoms with Crippen LogP contribution in [0.2, 0.25) is 0 Å². The number of nitrogens with one attached hydrogen (secondary N) is 2. The molecule has 200 valence electrons. The number of rotatable bonds is 8. The lowest BCUT2D eigenvalue weighted by Crippen LogP contribution is -2.51. The molecule has 2 aliphatic rings. The van der Waals surface area contributed by atoms with E-state index < -0.39 is 17.8 Å². The van der Waals surface area contributed by atoms with Crippen molar-refractivity contribution in [2.45, 2.75) is 57.9 Å². The zero-order valence-corrected chi connectivity index (χ0v) is 21.5. The summed E-state index contributed by atoms with van der Waals surface area (Å²) < 4.78 is 4.99. The maximum Gasteiger partial charge on any atom is 0.306 e. The van der Waals surface area contributed by atoms with Gasteiger partial charge in [0, 0.05) is 23.6 Å². The van der Waals surface area contributed by atoms with Crippen LogP contribution in [-0.4, -0.2) is 53.7 Å². The Hall–Kier alpha value is -4.21. The predicted octanol–water partition coefficient (Wildman–Crippen LogP) is 2.93. The number of amidine groups is 1. The summed E-state index contributed by atoms with van der Waals surface area (Å²) in [5, 5.41) is 8.79. The lowest BCUT2D eigenvalue weighted by molar-refractivity contribution is -0.143. The van der Waals surface area contributed by atoms with E-state index in [1.165, 1.54) is 12.1 Å². The van der Waals surface area contributed by atoms with Crippen LogP contribution in [0.5, 0.6) is 0 Å². The van der Waals surface area contributed by atoms with Crippen LogP contribution in [0.15, 0.2) is 42.5 Å². The fourth-order valence-electron chi connectivity index (χ4n) is 5.10. The number of nitrogens with zero attached hydrogens (tertiary/aromatic N) is 2. The van der Waals surface area contributed by atoms with E-state index >= 15 is 0 Å². The minimum Gasteiger partial charge on any atom is -0.466 e. The molecule has 10 nitrogen and oxygen atoms in total. The number of hydrogen-bond acceptors (Lipinski definition) is 6. The maximum atomic E-state index is 13.5. The molecule has 0 saturated heterocycles. The number of amides is 3. The lowest BCUT2D eigenvalue weighted by Gasteiger charge is -2.34. The van der Waals surface area contributed by atoms with Crippen LogP contribution in [0, 0.1) is 5.41 Å². The van der Waals surface area contributed by atoms with Crippen molar-refractivity contribution in [2.75, 3.05) is 18.1 Å². The van der Waals surface area contributed by atoms with Crippen molar-refractivity contribution < 1.29 is 23.9 Å². The summed E-state index contributed by atoms with van der Waals surface area (Å²) in [4.78, 5) is 54.1. The molecule has 0 bridgehead atoms. The van der Waals surface area contributed by atoms with Gasteiger partial charge in [-0.1, -0.05) is 37.5 Å². The van der Waals surface area contributed by atoms with Gasteiger partial charge in [-0.2, -0.15) is 0 Å². The molecule has 1 aliphatic carbocycles. The van der Waals surface area contributed by atoms with Crippen molar-refractivity contribution in [3.8, 4) is 0 Å². The third-order valence-corrected chi connectivity index (χ3v) is 6.94. The molecule has 4 N–H and O–H groups in total. The number of para-hydroxylation sites is 1. The first kappa shape index (κ1) is 26.8. The molecule has 2 aromatic carbocycles. The van der Waals surface area contributed by atoms with Crippen LogP contribution >= 0.6 is 0 Å². The molecule has 10 heteroatoms. The van der Waals surface area contributed by atoms with E-state index in [9.17, 15) is 19.2 Å². The van der Waals surface area contributed by atoms with Crippen LogP contribution in [0.1, 0.15) is 77.3 Å². The molecule has 1 fully saturated rings. The highest BCUT2D eigenvalue weighted by Crippen LogP contribution is 2.32. The van der Waals surface area contributed by atoms with Crippen LogP contribution in [0.4, 0.5) is 5.69 Å². The minimum atomic E-state index is -0.608. The second kappa shape index (κ2) is 11.9. The van der Waals surface area contributed by atoms with Crippen molar-refractivity contribution in [3.05, 3.63) is 64.7 Å². The second-order valence-electron chi connectivity index (χ2n) is 9.50. The van der Waals surface area contributed by atoms with Crippen LogP contribution in [0.25, 0.3) is 0 Å². The van der Waals surface area contributed by atoms with Gasteiger partial charge < -0.3 is 15.4 Å². The Morgan fingerprint density at radius 1 is 1.11 bits per heavy atom. The Morgan fingerprint density at radius 2 is 1.84 bits per heavy atom. The number of ether oxygens (including phenoxy) is 1. The molecular weight excluding hydrogens is 486 g/mol. The van der Waals surface area contributed by atoms with Gasteiger partial charge in [0.1, 0.15) is 12.4 Å². The third kappa shape index (κ3) is 5.85. The van der Waals surface area contributed by atoms with Gasteiger partial charge in [-0.15, -0.1) is 0 Å². The molecule has 0 radical (unpaired) electrons. The first-order valence-corrected chi connectivity index (χ1v) is 13.0. The van der Waals surface area contributed by atoms with Crippen molar-refractivity contribution in [1.29, 1.82) is 5.41 Å². The first-order valence-electron chi connectivity index (χ1n) is 13.0. The molecule has 0 atom stereocenters. The highest BCUT2D eigenvalue weighted by atomic mass is 16.5. The molecule has 1 heterocycles. The van der Waals surface area contributed by atoms with Gasteiger partial charge >= 0.3 is 5.97 Å². The number of benzene rings is 2. The Morgan fingerprint density at radius 3 is 2.55 bits per heavy atom. The van der Waals surface area contributed by atoms with Gasteiger partial charge in [-0.05, 0) is 56.0 Å². The normalized spacial score (nSPS) is 16.0. The fourth-order valence-corrected chi connectivity index (χ4v) is 5.10. The standard InChI is InChI=1S/C28H33N5O5/c1-2-38-25(35)15-13-18-16-19(26(29)30)12-14-21(18)27(36)31-32-17-24(34)33(20-8-4-3-5-9-20)23-11-7-6-10-22(23)28(32)37/h6-7,10-12,14,16,20H,2-5,8-9,13,15,17H2,1H3,(H3,29,30)(H,31,36). The van der Waals surface area contributed by atoms with Crippen LogP contribution in [0.3, 0.4) is 0 Å². The Balaban J connectivity index is 1.61. The van der Waals surface area contributed by atoms with Crippen molar-refractivity contribution in [1.82, 2.24) is 10.4 Å². The Bertz CT molecular complexity index is 1250. The molecule has 0 unspecified atom stereocenters. The number of carbonyl (C=O) groups is 4. The van der Waals surface area contributed by atoms with E-state index in [0.717, 1.165) is 37.1 Å². The van der Waals surface area contributed by atoms with E-state index in [0.29, 0.717) is 22.4 Å². The Labute approximate surface area is 221 Å². The van der Waals surface area contributed by atoms with Gasteiger partial charge in [0.2, 0.25) is 5.91 Å². The number of aryl methyl sites for hydroxylation is 1. The number of nitrogens with two attached hydrogens (primary N) is 1. The quantitative estimate of drug-likeness (QED) is 0.278. The summed E-state index contributed by atoms with van der Waals surface area (Å²) in [5.74, 6) is -1.94. The highest BCUT2D eigenvalue weighted by Gasteiger charge is 2.36. The molecule has 38 heavy (non-hydrogen) atoms. The third-order valence-electron chi connectivity index (χ3n) is 6.94. The van der Waals surface area contributed by atoms with Crippen molar-refractivity contribution >= 4 is 35.2 Å². The van der Waals surface area contributed by atoms with Crippen LogP contribution < -0.4 is 16.1 Å². The number of carbonyl (C=O) groups excluding carboxylic acids is 4. The average molecular weight is 520 g/mol. The van der Waals surface area contributed by atoms with Crippen molar-refractivity contribution in [2.24, 2.45) is 5.73 Å². The summed E-state index contributed by atoms with van der Waals surface area (Å²) in [6.45, 7) is 1.64. The van der Waals surface area contributed by atoms with E-state index in [-0.39, 0.29) is 49.3 Å². The lowest BCUT2D eigenvalue weighted by atomic mass is 9.93. The molecule has 1 saturated carbocycles. The molecular formula is C28H33N5O5. The van der Waals surface area contributed by atoms with E-state index in [1.54, 1.807) is 42.2 Å². The number of nitrogen functional groups attached to an aromatic ring is 1. The molecule has 0 spiro atoms. The summed E-state index contributed by atoms with van der Waals surface area (Å²) in [6.07, 6.45) is 5.11. The van der Waals surface area contributed by atoms with E-state index in [1.807, 2.05) is 0 Å². The minimum absolute atomic E-state index is 0.00876. The molecule has 4 rings (SSSR count). The number of anilines is 1. The number of hydrogen-bond donors (Lipinski definition) is 3. The van der Waals surface area contributed by atoms with E-state index in [2.05, 4.69) is 5.43 Å². The monoisotopic (exact) mass is 519 g/mol. The number of fused-ring (bicyclic) bond motifs is 1. The smallest absolute Gasteiger partial charge is 0.306 e. The predicted molar refractivity (Wildman–Crippen MR) is 142 cm³/mol. The zero-order chi connectivity index (χ0) is 27.2. The second-order valence-corrected chi connectivity index (χ2v) is 9.50. The molecule has 3 amide bonds. The first-order chi connectivity index (χ1) is 18.3. The topological polar surface area (TPSA) is 146 Å². The van der Waals surface area contributed by atoms with Crippen molar-refractivity contribution in [3.63, 3.8) is 0 Å². The maximum absolute atomic E-state index is 13.5. The summed E-state index contributed by atoms with van der Waals surface area (Å²) in [7, 11) is 0. The van der Waals surface area contributed by atoms with E-state index in [4.69, 9.17) is 15.9 Å². The van der Waals surface area contributed by atoms with Gasteiger partial charge in [-0.25, -0.2) is 5.01 Å². The molecule has 1 aliphatic heterocycles. The van der Waals surface area contributed by atoms with Gasteiger partial charge in [0.15, 0.2) is 0 Å². The number of esters is 1. The van der Waals surface area contributed by atoms with Gasteiger partial charge in [-0.3, -0.25) is 30.0 Å². The summed E-state index contributed by atoms with van der Waals surface area (Å²) >= 11 is 0. The SMILES string of the molecule is CCOC(=O)CCc1cc(C(=N)N)ccc1C(=O)NN1CC(=O)N(C2CCCCC2)c2ccccc2C1=O. The average Bonchev–Trinajstić information content (AvgIpc) is 3.01.